The van der Waals surface area contributed by atoms with E-state index in [9.17, 15) is 4.79 Å². The molecular weight excluding hydrogens is 308 g/mol. The van der Waals surface area contributed by atoms with Crippen LogP contribution in [0.2, 0.25) is 0 Å². The maximum Gasteiger partial charge on any atom is 0.272 e. The molecule has 1 aliphatic rings. The molecular formula is C17H22N4OS. The second-order valence-electron chi connectivity index (χ2n) is 6.18. The van der Waals surface area contributed by atoms with Crippen LogP contribution in [0, 0.1) is 12.8 Å². The molecule has 0 N–H and O–H groups in total. The summed E-state index contributed by atoms with van der Waals surface area (Å²) in [7, 11) is 2.14. The van der Waals surface area contributed by atoms with E-state index in [1.807, 2.05) is 22.5 Å². The van der Waals surface area contributed by atoms with Gasteiger partial charge in [0.15, 0.2) is 0 Å². The lowest BCUT2D eigenvalue weighted by atomic mass is 10.1. The lowest BCUT2D eigenvalue weighted by Gasteiger charge is -2.21. The Balaban J connectivity index is 1.52. The molecule has 0 aromatic carbocycles. The van der Waals surface area contributed by atoms with E-state index < -0.39 is 0 Å². The Bertz CT molecular complexity index is 658. The second-order valence-corrected chi connectivity index (χ2v) is 7.12. The van der Waals surface area contributed by atoms with Crippen molar-refractivity contribution in [1.29, 1.82) is 0 Å². The molecule has 23 heavy (non-hydrogen) atoms. The summed E-state index contributed by atoms with van der Waals surface area (Å²) in [5.41, 5.74) is 3.57. The zero-order chi connectivity index (χ0) is 16.2. The molecule has 6 heteroatoms. The van der Waals surface area contributed by atoms with Gasteiger partial charge in [-0.15, -0.1) is 11.3 Å². The highest BCUT2D eigenvalue weighted by molar-refractivity contribution is 7.09. The normalized spacial score (nSPS) is 17.9. The van der Waals surface area contributed by atoms with Crippen molar-refractivity contribution in [3.05, 3.63) is 46.2 Å². The van der Waals surface area contributed by atoms with Crippen LogP contribution in [0.15, 0.2) is 29.9 Å². The van der Waals surface area contributed by atoms with Crippen LogP contribution in [0.4, 0.5) is 0 Å². The first-order valence-electron chi connectivity index (χ1n) is 7.91. The average Bonchev–Trinajstić information content (AvgIpc) is 3.17. The van der Waals surface area contributed by atoms with Gasteiger partial charge in [0.2, 0.25) is 0 Å². The number of aryl methyl sites for hydroxylation is 1. The molecule has 5 nitrogen and oxygen atoms in total. The molecule has 1 saturated heterocycles. The maximum atomic E-state index is 12.4. The molecule has 0 unspecified atom stereocenters. The number of pyridine rings is 1. The number of amides is 1. The van der Waals surface area contributed by atoms with Crippen molar-refractivity contribution in [2.75, 3.05) is 26.7 Å². The van der Waals surface area contributed by atoms with Crippen molar-refractivity contribution < 1.29 is 4.79 Å². The summed E-state index contributed by atoms with van der Waals surface area (Å²) in [6.07, 6.45) is 2.73. The molecule has 0 saturated carbocycles. The number of rotatable bonds is 5. The number of carbonyl (C=O) groups excluding carboxylic acids is 1. The maximum absolute atomic E-state index is 12.4. The molecule has 3 heterocycles. The summed E-state index contributed by atoms with van der Waals surface area (Å²) in [5, 5.41) is 0. The third kappa shape index (κ3) is 3.95. The second kappa shape index (κ2) is 7.19. The van der Waals surface area contributed by atoms with Gasteiger partial charge in [0.25, 0.3) is 5.91 Å². The van der Waals surface area contributed by atoms with Crippen LogP contribution >= 0.6 is 11.3 Å². The summed E-state index contributed by atoms with van der Waals surface area (Å²) < 4.78 is 0. The van der Waals surface area contributed by atoms with E-state index in [1.54, 1.807) is 23.6 Å². The fraction of sp³-hybridized carbons (Fsp3) is 0.471. The molecule has 1 fully saturated rings. The van der Waals surface area contributed by atoms with E-state index in [2.05, 4.69) is 28.8 Å². The van der Waals surface area contributed by atoms with Crippen LogP contribution in [0.3, 0.4) is 0 Å². The standard InChI is InChI=1S/C17H22N4OS/c1-13-16(23-12-19-13)11-20(2)9-14-6-8-21(10-14)17(22)15-5-3-4-7-18-15/h3-5,7,12,14H,6,8-11H2,1-2H3/t14-/m1/s1. The van der Waals surface area contributed by atoms with E-state index in [0.29, 0.717) is 11.6 Å². The number of likely N-dealkylation sites (tertiary alicyclic amines) is 1. The van der Waals surface area contributed by atoms with Crippen LogP contribution in [0.25, 0.3) is 0 Å². The van der Waals surface area contributed by atoms with Crippen LogP contribution in [0.1, 0.15) is 27.5 Å². The zero-order valence-electron chi connectivity index (χ0n) is 13.6. The smallest absolute Gasteiger partial charge is 0.272 e. The summed E-state index contributed by atoms with van der Waals surface area (Å²) in [4.78, 5) is 26.5. The zero-order valence-corrected chi connectivity index (χ0v) is 14.4. The minimum Gasteiger partial charge on any atom is -0.337 e. The van der Waals surface area contributed by atoms with Crippen molar-refractivity contribution in [3.8, 4) is 0 Å². The summed E-state index contributed by atoms with van der Waals surface area (Å²) in [6, 6.07) is 5.48. The SMILES string of the molecule is Cc1ncsc1CN(C)C[C@H]1CCN(C(=O)c2ccccn2)C1. The quantitative estimate of drug-likeness (QED) is 0.845. The van der Waals surface area contributed by atoms with Gasteiger partial charge in [-0.3, -0.25) is 9.78 Å². The summed E-state index contributed by atoms with van der Waals surface area (Å²) in [5.74, 6) is 0.579. The minimum absolute atomic E-state index is 0.0501. The number of nitrogens with zero attached hydrogens (tertiary/aromatic N) is 4. The van der Waals surface area contributed by atoms with Crippen LogP contribution in [0.5, 0.6) is 0 Å². The Labute approximate surface area is 141 Å². The summed E-state index contributed by atoms with van der Waals surface area (Å²) in [6.45, 7) is 5.64. The Kier molecular flexibility index (Phi) is 5.03. The highest BCUT2D eigenvalue weighted by atomic mass is 32.1. The number of hydrogen-bond acceptors (Lipinski definition) is 5. The Morgan fingerprint density at radius 3 is 3.00 bits per heavy atom. The fourth-order valence-electron chi connectivity index (χ4n) is 3.05. The van der Waals surface area contributed by atoms with Gasteiger partial charge in [0.05, 0.1) is 11.2 Å². The van der Waals surface area contributed by atoms with Gasteiger partial charge in [0.1, 0.15) is 5.69 Å². The number of aromatic nitrogens is 2. The lowest BCUT2D eigenvalue weighted by Crippen LogP contribution is -2.32. The molecule has 0 spiro atoms. The van der Waals surface area contributed by atoms with E-state index in [4.69, 9.17) is 0 Å². The predicted molar refractivity (Wildman–Crippen MR) is 91.4 cm³/mol. The van der Waals surface area contributed by atoms with Crippen LogP contribution < -0.4 is 0 Å². The van der Waals surface area contributed by atoms with Crippen LogP contribution in [-0.2, 0) is 6.54 Å². The molecule has 3 rings (SSSR count). The number of carbonyl (C=O) groups is 1. The third-order valence-corrected chi connectivity index (χ3v) is 5.21. The first-order chi connectivity index (χ1) is 11.1. The van der Waals surface area contributed by atoms with Crippen molar-refractivity contribution in [2.45, 2.75) is 19.9 Å². The molecule has 0 radical (unpaired) electrons. The van der Waals surface area contributed by atoms with E-state index in [0.717, 1.165) is 38.3 Å². The monoisotopic (exact) mass is 330 g/mol. The molecule has 122 valence electrons. The van der Waals surface area contributed by atoms with Gasteiger partial charge in [-0.2, -0.15) is 0 Å². The van der Waals surface area contributed by atoms with Crippen molar-refractivity contribution in [1.82, 2.24) is 19.8 Å². The van der Waals surface area contributed by atoms with Crippen molar-refractivity contribution in [3.63, 3.8) is 0 Å². The Morgan fingerprint density at radius 1 is 1.43 bits per heavy atom. The van der Waals surface area contributed by atoms with Gasteiger partial charge >= 0.3 is 0 Å². The van der Waals surface area contributed by atoms with Crippen molar-refractivity contribution in [2.24, 2.45) is 5.92 Å². The molecule has 2 aromatic heterocycles. The first kappa shape index (κ1) is 16.1. The number of hydrogen-bond donors (Lipinski definition) is 0. The van der Waals surface area contributed by atoms with E-state index in [-0.39, 0.29) is 5.91 Å². The minimum atomic E-state index is 0.0501. The molecule has 1 atom stereocenters. The topological polar surface area (TPSA) is 49.3 Å². The van der Waals surface area contributed by atoms with Gasteiger partial charge in [-0.1, -0.05) is 6.07 Å². The molecule has 1 amide bonds. The first-order valence-corrected chi connectivity index (χ1v) is 8.79. The predicted octanol–water partition coefficient (Wildman–Crippen LogP) is 2.44. The van der Waals surface area contributed by atoms with E-state index in [1.165, 1.54) is 4.88 Å². The average molecular weight is 330 g/mol. The van der Waals surface area contributed by atoms with Gasteiger partial charge in [0, 0.05) is 37.3 Å². The van der Waals surface area contributed by atoms with Gasteiger partial charge in [-0.05, 0) is 38.4 Å². The highest BCUT2D eigenvalue weighted by Crippen LogP contribution is 2.21. The fourth-order valence-corrected chi connectivity index (χ4v) is 3.90. The lowest BCUT2D eigenvalue weighted by molar-refractivity contribution is 0.0778. The Hall–Kier alpha value is -1.79. The highest BCUT2D eigenvalue weighted by Gasteiger charge is 2.28. The van der Waals surface area contributed by atoms with Crippen molar-refractivity contribution >= 4 is 17.2 Å². The van der Waals surface area contributed by atoms with E-state index >= 15 is 0 Å². The Morgan fingerprint density at radius 2 is 2.30 bits per heavy atom. The molecule has 0 aliphatic carbocycles. The van der Waals surface area contributed by atoms with Crippen LogP contribution in [-0.4, -0.2) is 52.4 Å². The summed E-state index contributed by atoms with van der Waals surface area (Å²) >= 11 is 1.71. The third-order valence-electron chi connectivity index (χ3n) is 4.29. The molecule has 2 aromatic rings. The molecule has 0 bridgehead atoms. The number of thiazole rings is 1. The molecule has 1 aliphatic heterocycles. The van der Waals surface area contributed by atoms with Gasteiger partial charge in [-0.25, -0.2) is 4.98 Å². The largest absolute Gasteiger partial charge is 0.337 e. The van der Waals surface area contributed by atoms with Gasteiger partial charge < -0.3 is 9.80 Å².